The van der Waals surface area contributed by atoms with E-state index in [0.717, 1.165) is 25.2 Å². The summed E-state index contributed by atoms with van der Waals surface area (Å²) in [5.41, 5.74) is 1.07. The Labute approximate surface area is 87.6 Å². The number of benzene rings is 1. The van der Waals surface area contributed by atoms with Gasteiger partial charge >= 0.3 is 0 Å². The summed E-state index contributed by atoms with van der Waals surface area (Å²) in [7, 11) is 0. The van der Waals surface area contributed by atoms with E-state index in [0.29, 0.717) is 6.04 Å². The Morgan fingerprint density at radius 1 is 1.40 bits per heavy atom. The molecular weight excluding hydrogens is 194 g/mol. The first-order valence-electron chi connectivity index (χ1n) is 4.97. The second-order valence-corrected chi connectivity index (χ2v) is 3.64. The molecule has 1 aromatic carbocycles. The van der Waals surface area contributed by atoms with Gasteiger partial charge in [0.1, 0.15) is 0 Å². The molecule has 5 nitrogen and oxygen atoms in total. The lowest BCUT2D eigenvalue weighted by atomic mass is 10.2. The van der Waals surface area contributed by atoms with Crippen LogP contribution in [-0.2, 0) is 0 Å². The highest BCUT2D eigenvalue weighted by Gasteiger charge is 2.14. The van der Waals surface area contributed by atoms with Gasteiger partial charge in [-0.1, -0.05) is 0 Å². The number of nitro benzene ring substituents is 1. The average molecular weight is 207 g/mol. The number of nitrogens with zero attached hydrogens (tertiary/aromatic N) is 1. The Balaban J connectivity index is 2.00. The molecule has 0 bridgehead atoms. The summed E-state index contributed by atoms with van der Waals surface area (Å²) in [4.78, 5) is 10.0. The van der Waals surface area contributed by atoms with E-state index in [1.165, 1.54) is 12.1 Å². The maximum absolute atomic E-state index is 10.4. The molecule has 0 amide bonds. The summed E-state index contributed by atoms with van der Waals surface area (Å²) in [5.74, 6) is 0. The van der Waals surface area contributed by atoms with Crippen LogP contribution in [-0.4, -0.2) is 24.1 Å². The van der Waals surface area contributed by atoms with Crippen LogP contribution in [0.1, 0.15) is 6.42 Å². The SMILES string of the molecule is O=[N+]([O-])c1ccc(NC2CCNC2)cc1. The van der Waals surface area contributed by atoms with E-state index in [1.54, 1.807) is 12.1 Å². The Hall–Kier alpha value is -1.62. The minimum Gasteiger partial charge on any atom is -0.381 e. The molecule has 1 aliphatic rings. The third kappa shape index (κ3) is 2.44. The van der Waals surface area contributed by atoms with Gasteiger partial charge in [0.2, 0.25) is 0 Å². The zero-order valence-corrected chi connectivity index (χ0v) is 8.27. The summed E-state index contributed by atoms with van der Waals surface area (Å²) in [6.07, 6.45) is 1.09. The third-order valence-corrected chi connectivity index (χ3v) is 2.51. The topological polar surface area (TPSA) is 67.2 Å². The van der Waals surface area contributed by atoms with E-state index in [-0.39, 0.29) is 10.6 Å². The molecule has 1 heterocycles. The maximum atomic E-state index is 10.4. The van der Waals surface area contributed by atoms with Crippen LogP contribution < -0.4 is 10.6 Å². The van der Waals surface area contributed by atoms with Gasteiger partial charge in [0, 0.05) is 30.4 Å². The molecule has 1 fully saturated rings. The van der Waals surface area contributed by atoms with Gasteiger partial charge in [0.05, 0.1) is 4.92 Å². The van der Waals surface area contributed by atoms with E-state index < -0.39 is 0 Å². The number of rotatable bonds is 3. The quantitative estimate of drug-likeness (QED) is 0.580. The van der Waals surface area contributed by atoms with E-state index >= 15 is 0 Å². The fraction of sp³-hybridized carbons (Fsp3) is 0.400. The van der Waals surface area contributed by atoms with Gasteiger partial charge in [-0.15, -0.1) is 0 Å². The van der Waals surface area contributed by atoms with Crippen LogP contribution in [0.4, 0.5) is 11.4 Å². The number of non-ortho nitro benzene ring substituents is 1. The van der Waals surface area contributed by atoms with Crippen LogP contribution in [0.5, 0.6) is 0 Å². The number of hydrogen-bond donors (Lipinski definition) is 2. The molecule has 0 spiro atoms. The number of hydrogen-bond acceptors (Lipinski definition) is 4. The third-order valence-electron chi connectivity index (χ3n) is 2.51. The lowest BCUT2D eigenvalue weighted by molar-refractivity contribution is -0.384. The van der Waals surface area contributed by atoms with Crippen LogP contribution in [0.25, 0.3) is 0 Å². The largest absolute Gasteiger partial charge is 0.381 e. The molecule has 0 aromatic heterocycles. The molecular formula is C10H13N3O2. The van der Waals surface area contributed by atoms with Crippen molar-refractivity contribution in [3.05, 3.63) is 34.4 Å². The van der Waals surface area contributed by atoms with Crippen LogP contribution in [0.3, 0.4) is 0 Å². The van der Waals surface area contributed by atoms with Gasteiger partial charge < -0.3 is 10.6 Å². The van der Waals surface area contributed by atoms with Crippen molar-refractivity contribution in [2.75, 3.05) is 18.4 Å². The minimum atomic E-state index is -0.388. The number of nitrogens with one attached hydrogen (secondary N) is 2. The molecule has 1 atom stereocenters. The second-order valence-electron chi connectivity index (χ2n) is 3.64. The lowest BCUT2D eigenvalue weighted by Crippen LogP contribution is -2.21. The normalized spacial score (nSPS) is 20.1. The Morgan fingerprint density at radius 2 is 2.13 bits per heavy atom. The van der Waals surface area contributed by atoms with E-state index in [1.807, 2.05) is 0 Å². The fourth-order valence-corrected chi connectivity index (χ4v) is 1.69. The van der Waals surface area contributed by atoms with Crippen molar-refractivity contribution in [2.24, 2.45) is 0 Å². The molecule has 80 valence electrons. The second kappa shape index (κ2) is 4.27. The molecule has 15 heavy (non-hydrogen) atoms. The van der Waals surface area contributed by atoms with Crippen molar-refractivity contribution in [1.29, 1.82) is 0 Å². The minimum absolute atomic E-state index is 0.130. The van der Waals surface area contributed by atoms with Crippen molar-refractivity contribution >= 4 is 11.4 Å². The Kier molecular flexibility index (Phi) is 2.82. The maximum Gasteiger partial charge on any atom is 0.269 e. The molecule has 1 saturated heterocycles. The van der Waals surface area contributed by atoms with Gasteiger partial charge in [0.15, 0.2) is 0 Å². The van der Waals surface area contributed by atoms with E-state index in [9.17, 15) is 10.1 Å². The first-order chi connectivity index (χ1) is 7.25. The van der Waals surface area contributed by atoms with Gasteiger partial charge in [-0.2, -0.15) is 0 Å². The van der Waals surface area contributed by atoms with Crippen molar-refractivity contribution in [3.63, 3.8) is 0 Å². The monoisotopic (exact) mass is 207 g/mol. The van der Waals surface area contributed by atoms with Crippen molar-refractivity contribution in [3.8, 4) is 0 Å². The highest BCUT2D eigenvalue weighted by molar-refractivity contribution is 5.49. The smallest absolute Gasteiger partial charge is 0.269 e. The highest BCUT2D eigenvalue weighted by Crippen LogP contribution is 2.17. The molecule has 1 unspecified atom stereocenters. The van der Waals surface area contributed by atoms with Crippen molar-refractivity contribution < 1.29 is 4.92 Å². The molecule has 2 rings (SSSR count). The molecule has 5 heteroatoms. The van der Waals surface area contributed by atoms with E-state index in [2.05, 4.69) is 10.6 Å². The first kappa shape index (κ1) is 9.92. The highest BCUT2D eigenvalue weighted by atomic mass is 16.6. The van der Waals surface area contributed by atoms with Crippen LogP contribution in [0, 0.1) is 10.1 Å². The van der Waals surface area contributed by atoms with Gasteiger partial charge in [0.25, 0.3) is 5.69 Å². The summed E-state index contributed by atoms with van der Waals surface area (Å²) in [6, 6.07) is 6.97. The summed E-state index contributed by atoms with van der Waals surface area (Å²) >= 11 is 0. The Bertz CT molecular complexity index is 344. The lowest BCUT2D eigenvalue weighted by Gasteiger charge is -2.12. The molecule has 1 aromatic rings. The molecule has 2 N–H and O–H groups in total. The van der Waals surface area contributed by atoms with Crippen molar-refractivity contribution in [1.82, 2.24) is 5.32 Å². The molecule has 1 aliphatic heterocycles. The standard InChI is InChI=1S/C10H13N3O2/c14-13(15)10-3-1-8(2-4-10)12-9-5-6-11-7-9/h1-4,9,11-12H,5-7H2. The van der Waals surface area contributed by atoms with Gasteiger partial charge in [-0.05, 0) is 25.1 Å². The molecule has 0 radical (unpaired) electrons. The fourth-order valence-electron chi connectivity index (χ4n) is 1.69. The summed E-state index contributed by atoms with van der Waals surface area (Å²) in [6.45, 7) is 1.99. The summed E-state index contributed by atoms with van der Waals surface area (Å²) < 4.78 is 0. The van der Waals surface area contributed by atoms with Crippen LogP contribution in [0.15, 0.2) is 24.3 Å². The zero-order chi connectivity index (χ0) is 10.7. The predicted molar refractivity (Wildman–Crippen MR) is 58.0 cm³/mol. The number of anilines is 1. The van der Waals surface area contributed by atoms with Gasteiger partial charge in [-0.25, -0.2) is 0 Å². The predicted octanol–water partition coefficient (Wildman–Crippen LogP) is 1.37. The van der Waals surface area contributed by atoms with Crippen LogP contribution >= 0.6 is 0 Å². The first-order valence-corrected chi connectivity index (χ1v) is 4.97. The van der Waals surface area contributed by atoms with Crippen LogP contribution in [0.2, 0.25) is 0 Å². The Morgan fingerprint density at radius 3 is 2.67 bits per heavy atom. The van der Waals surface area contributed by atoms with E-state index in [4.69, 9.17) is 0 Å². The van der Waals surface area contributed by atoms with Gasteiger partial charge in [-0.3, -0.25) is 10.1 Å². The average Bonchev–Trinajstić information content (AvgIpc) is 2.71. The molecule has 0 saturated carbocycles. The zero-order valence-electron chi connectivity index (χ0n) is 8.27. The number of nitro groups is 1. The molecule has 0 aliphatic carbocycles. The summed E-state index contributed by atoms with van der Waals surface area (Å²) in [5, 5.41) is 17.0. The van der Waals surface area contributed by atoms with Crippen molar-refractivity contribution in [2.45, 2.75) is 12.5 Å².